The molecular weight excluding hydrogens is 314 g/mol. The van der Waals surface area contributed by atoms with Gasteiger partial charge in [-0.15, -0.1) is 0 Å². The Bertz CT molecular complexity index is 985. The van der Waals surface area contributed by atoms with Gasteiger partial charge in [0.2, 0.25) is 0 Å². The lowest BCUT2D eigenvalue weighted by atomic mass is 10.00. The number of carboxylic acid groups (broad SMARTS) is 1. The van der Waals surface area contributed by atoms with Crippen LogP contribution in [0.2, 0.25) is 0 Å². The lowest BCUT2D eigenvalue weighted by molar-refractivity contribution is 0.0696. The minimum absolute atomic E-state index is 0.342. The van der Waals surface area contributed by atoms with Gasteiger partial charge >= 0.3 is 5.97 Å². The maximum absolute atomic E-state index is 11.5. The molecule has 0 amide bonds. The van der Waals surface area contributed by atoms with Crippen LogP contribution in [-0.2, 0) is 6.42 Å². The van der Waals surface area contributed by atoms with Crippen molar-refractivity contribution in [3.8, 4) is 22.6 Å². The number of aromatic nitrogens is 1. The van der Waals surface area contributed by atoms with Gasteiger partial charge in [0.25, 0.3) is 0 Å². The van der Waals surface area contributed by atoms with Crippen molar-refractivity contribution >= 4 is 5.97 Å². The average Bonchev–Trinajstić information content (AvgIpc) is 3.18. The molecule has 4 heteroatoms. The predicted molar refractivity (Wildman–Crippen MR) is 96.8 cm³/mol. The number of para-hydroxylation sites is 1. The molecule has 1 N–H and O–H groups in total. The second-order valence-electron chi connectivity index (χ2n) is 6.36. The second-order valence-corrected chi connectivity index (χ2v) is 6.36. The van der Waals surface area contributed by atoms with Gasteiger partial charge in [-0.05, 0) is 49.2 Å². The number of fused-ring (bicyclic) bond motifs is 1. The molecule has 1 aromatic heterocycles. The molecule has 0 atom stereocenters. The molecule has 0 saturated heterocycles. The predicted octanol–water partition coefficient (Wildman–Crippen LogP) is 4.39. The minimum atomic E-state index is -0.897. The van der Waals surface area contributed by atoms with Crippen LogP contribution in [0.25, 0.3) is 16.8 Å². The van der Waals surface area contributed by atoms with Crippen molar-refractivity contribution in [2.45, 2.75) is 20.3 Å². The molecule has 1 aliphatic rings. The van der Waals surface area contributed by atoms with E-state index in [1.54, 1.807) is 6.07 Å². The van der Waals surface area contributed by atoms with Gasteiger partial charge in [0, 0.05) is 23.4 Å². The number of aromatic carboxylic acids is 1. The summed E-state index contributed by atoms with van der Waals surface area (Å²) < 4.78 is 7.62. The first-order valence-electron chi connectivity index (χ1n) is 8.34. The molecule has 0 radical (unpaired) electrons. The normalized spacial score (nSPS) is 12.7. The van der Waals surface area contributed by atoms with Gasteiger partial charge < -0.3 is 14.4 Å². The zero-order valence-corrected chi connectivity index (χ0v) is 14.2. The molecule has 0 unspecified atom stereocenters. The van der Waals surface area contributed by atoms with Gasteiger partial charge in [-0.2, -0.15) is 0 Å². The van der Waals surface area contributed by atoms with E-state index in [1.807, 2.05) is 42.7 Å². The van der Waals surface area contributed by atoms with Crippen molar-refractivity contribution < 1.29 is 14.6 Å². The van der Waals surface area contributed by atoms with E-state index in [0.29, 0.717) is 5.56 Å². The number of nitrogens with zero attached hydrogens (tertiary/aromatic N) is 1. The first kappa shape index (κ1) is 15.5. The molecule has 4 rings (SSSR count). The van der Waals surface area contributed by atoms with Crippen molar-refractivity contribution in [1.82, 2.24) is 4.57 Å². The molecule has 126 valence electrons. The Hall–Kier alpha value is -3.01. The van der Waals surface area contributed by atoms with Gasteiger partial charge in [0.15, 0.2) is 0 Å². The van der Waals surface area contributed by atoms with Gasteiger partial charge in [0.1, 0.15) is 5.75 Å². The molecule has 25 heavy (non-hydrogen) atoms. The maximum atomic E-state index is 11.5. The summed E-state index contributed by atoms with van der Waals surface area (Å²) in [7, 11) is 0. The fraction of sp³-hybridized carbons (Fsp3) is 0.190. The molecule has 3 aromatic rings. The van der Waals surface area contributed by atoms with Crippen LogP contribution in [0.4, 0.5) is 0 Å². The van der Waals surface area contributed by atoms with E-state index in [0.717, 1.165) is 47.0 Å². The van der Waals surface area contributed by atoms with Crippen LogP contribution in [0, 0.1) is 13.8 Å². The number of carboxylic acids is 1. The van der Waals surface area contributed by atoms with Crippen molar-refractivity contribution in [3.63, 3.8) is 0 Å². The number of carbonyl (C=O) groups is 1. The van der Waals surface area contributed by atoms with Gasteiger partial charge in [-0.25, -0.2) is 4.79 Å². The van der Waals surface area contributed by atoms with Gasteiger partial charge in [0.05, 0.1) is 17.9 Å². The number of rotatable bonds is 3. The summed E-state index contributed by atoms with van der Waals surface area (Å²) in [4.78, 5) is 11.5. The SMILES string of the molecule is Cc1cc(C(=O)O)c(C)n1-c1ccccc1-c1ccc2c(c1)CCO2. The largest absolute Gasteiger partial charge is 0.493 e. The second kappa shape index (κ2) is 5.81. The molecule has 0 aliphatic carbocycles. The fourth-order valence-corrected chi connectivity index (χ4v) is 3.62. The summed E-state index contributed by atoms with van der Waals surface area (Å²) in [6.07, 6.45) is 0.927. The van der Waals surface area contributed by atoms with Crippen LogP contribution in [0.5, 0.6) is 5.75 Å². The Balaban J connectivity index is 1.90. The van der Waals surface area contributed by atoms with E-state index < -0.39 is 5.97 Å². The average molecular weight is 333 g/mol. The highest BCUT2D eigenvalue weighted by molar-refractivity contribution is 5.90. The zero-order chi connectivity index (χ0) is 17.6. The third-order valence-electron chi connectivity index (χ3n) is 4.81. The summed E-state index contributed by atoms with van der Waals surface area (Å²) in [6, 6.07) is 16.1. The van der Waals surface area contributed by atoms with E-state index in [4.69, 9.17) is 4.74 Å². The number of ether oxygens (including phenoxy) is 1. The van der Waals surface area contributed by atoms with Crippen molar-refractivity contribution in [1.29, 1.82) is 0 Å². The Labute approximate surface area is 146 Å². The zero-order valence-electron chi connectivity index (χ0n) is 14.2. The van der Waals surface area contributed by atoms with Crippen LogP contribution in [0.3, 0.4) is 0 Å². The third-order valence-corrected chi connectivity index (χ3v) is 4.81. The Morgan fingerprint density at radius 2 is 1.92 bits per heavy atom. The topological polar surface area (TPSA) is 51.5 Å². The van der Waals surface area contributed by atoms with Crippen LogP contribution in [0.15, 0.2) is 48.5 Å². The molecule has 2 heterocycles. The summed E-state index contributed by atoms with van der Waals surface area (Å²) in [5, 5.41) is 9.42. The van der Waals surface area contributed by atoms with Gasteiger partial charge in [-0.3, -0.25) is 0 Å². The Kier molecular flexibility index (Phi) is 3.61. The van der Waals surface area contributed by atoms with Crippen LogP contribution >= 0.6 is 0 Å². The number of hydrogen-bond donors (Lipinski definition) is 1. The fourth-order valence-electron chi connectivity index (χ4n) is 3.62. The highest BCUT2D eigenvalue weighted by atomic mass is 16.5. The molecule has 0 bridgehead atoms. The monoisotopic (exact) mass is 333 g/mol. The summed E-state index contributed by atoms with van der Waals surface area (Å²) in [5.74, 6) is 0.0641. The molecule has 4 nitrogen and oxygen atoms in total. The van der Waals surface area contributed by atoms with Gasteiger partial charge in [-0.1, -0.05) is 24.3 Å². The number of benzene rings is 2. The van der Waals surface area contributed by atoms with Crippen LogP contribution < -0.4 is 4.74 Å². The number of hydrogen-bond acceptors (Lipinski definition) is 2. The highest BCUT2D eigenvalue weighted by Gasteiger charge is 2.19. The molecule has 0 fully saturated rings. The Morgan fingerprint density at radius 3 is 2.68 bits per heavy atom. The maximum Gasteiger partial charge on any atom is 0.337 e. The molecule has 0 spiro atoms. The number of aryl methyl sites for hydroxylation is 1. The lowest BCUT2D eigenvalue weighted by Crippen LogP contribution is -2.04. The van der Waals surface area contributed by atoms with E-state index in [2.05, 4.69) is 18.2 Å². The minimum Gasteiger partial charge on any atom is -0.493 e. The van der Waals surface area contributed by atoms with E-state index >= 15 is 0 Å². The van der Waals surface area contributed by atoms with Crippen molar-refractivity contribution in [2.75, 3.05) is 6.61 Å². The molecular formula is C21H19NO3. The molecule has 2 aromatic carbocycles. The smallest absolute Gasteiger partial charge is 0.337 e. The van der Waals surface area contributed by atoms with Crippen LogP contribution in [-0.4, -0.2) is 22.2 Å². The first-order chi connectivity index (χ1) is 12.1. The summed E-state index contributed by atoms with van der Waals surface area (Å²) in [5.41, 5.74) is 6.40. The summed E-state index contributed by atoms with van der Waals surface area (Å²) in [6.45, 7) is 4.52. The first-order valence-corrected chi connectivity index (χ1v) is 8.34. The quantitative estimate of drug-likeness (QED) is 0.773. The third kappa shape index (κ3) is 2.50. The van der Waals surface area contributed by atoms with Crippen molar-refractivity contribution in [3.05, 3.63) is 71.0 Å². The summed E-state index contributed by atoms with van der Waals surface area (Å²) >= 11 is 0. The van der Waals surface area contributed by atoms with E-state index in [1.165, 1.54) is 5.56 Å². The molecule has 0 saturated carbocycles. The van der Waals surface area contributed by atoms with E-state index in [-0.39, 0.29) is 0 Å². The van der Waals surface area contributed by atoms with Crippen molar-refractivity contribution in [2.24, 2.45) is 0 Å². The standard InChI is InChI=1S/C21H19NO3/c1-13-11-18(21(23)24)14(2)22(13)19-6-4-3-5-17(19)15-7-8-20-16(12-15)9-10-25-20/h3-8,11-12H,9-10H2,1-2H3,(H,23,24). The van der Waals surface area contributed by atoms with E-state index in [9.17, 15) is 9.90 Å². The lowest BCUT2D eigenvalue weighted by Gasteiger charge is -2.15. The van der Waals surface area contributed by atoms with Crippen LogP contribution in [0.1, 0.15) is 27.3 Å². The Morgan fingerprint density at radius 1 is 1.12 bits per heavy atom. The molecule has 1 aliphatic heterocycles. The highest BCUT2D eigenvalue weighted by Crippen LogP contribution is 2.34.